The van der Waals surface area contributed by atoms with Crippen molar-refractivity contribution in [3.63, 3.8) is 0 Å². The topological polar surface area (TPSA) is 72.4 Å². The zero-order valence-electron chi connectivity index (χ0n) is 11.6. The summed E-state index contributed by atoms with van der Waals surface area (Å²) in [6, 6.07) is 10.9. The molecule has 0 fully saturated rings. The molecule has 0 bridgehead atoms. The zero-order chi connectivity index (χ0) is 15.4. The maximum atomic E-state index is 13.3. The summed E-state index contributed by atoms with van der Waals surface area (Å²) in [4.78, 5) is 12.3. The molecular formula is C15H16FN3O2. The van der Waals surface area contributed by atoms with Crippen LogP contribution in [0.1, 0.15) is 12.5 Å². The lowest BCUT2D eigenvalue weighted by atomic mass is 10.1. The third-order valence-corrected chi connectivity index (χ3v) is 3.29. The smallest absolute Gasteiger partial charge is 0.292 e. The Kier molecular flexibility index (Phi) is 4.37. The van der Waals surface area contributed by atoms with Gasteiger partial charge in [-0.05, 0) is 25.1 Å². The number of rotatable bonds is 5. The molecule has 0 saturated heterocycles. The van der Waals surface area contributed by atoms with Crippen LogP contribution in [0.4, 0.5) is 21.5 Å². The van der Waals surface area contributed by atoms with Crippen molar-refractivity contribution < 1.29 is 9.31 Å². The normalized spacial score (nSPS) is 10.4. The minimum atomic E-state index is -0.503. The van der Waals surface area contributed by atoms with Crippen LogP contribution in [0.25, 0.3) is 0 Å². The molecule has 2 aromatic rings. The van der Waals surface area contributed by atoms with Gasteiger partial charge in [0.05, 0.1) is 4.92 Å². The Morgan fingerprint density at radius 3 is 2.62 bits per heavy atom. The Labute approximate surface area is 122 Å². The zero-order valence-corrected chi connectivity index (χ0v) is 11.6. The van der Waals surface area contributed by atoms with Gasteiger partial charge in [0.25, 0.3) is 5.69 Å². The minimum absolute atomic E-state index is 0.109. The number of anilines is 2. The Balaban J connectivity index is 2.31. The van der Waals surface area contributed by atoms with Crippen LogP contribution in [0.15, 0.2) is 42.5 Å². The Bertz CT molecular complexity index is 661. The molecule has 0 aliphatic heterocycles. The van der Waals surface area contributed by atoms with Gasteiger partial charge in [-0.15, -0.1) is 0 Å². The molecule has 2 aromatic carbocycles. The molecule has 0 radical (unpaired) electrons. The Morgan fingerprint density at radius 2 is 2.00 bits per heavy atom. The molecule has 0 aromatic heterocycles. The summed E-state index contributed by atoms with van der Waals surface area (Å²) in [6.45, 7) is 2.94. The number of hydrogen-bond donors (Lipinski definition) is 1. The van der Waals surface area contributed by atoms with Gasteiger partial charge in [-0.2, -0.15) is 0 Å². The maximum absolute atomic E-state index is 13.3. The number of halogens is 1. The van der Waals surface area contributed by atoms with Crippen molar-refractivity contribution in [2.24, 2.45) is 0 Å². The minimum Gasteiger partial charge on any atom is -0.393 e. The molecule has 2 N–H and O–H groups in total. The molecule has 0 saturated carbocycles. The van der Waals surface area contributed by atoms with E-state index in [1.54, 1.807) is 24.3 Å². The Morgan fingerprint density at radius 1 is 1.29 bits per heavy atom. The number of para-hydroxylation sites is 1. The number of nitro benzene ring substituents is 1. The highest BCUT2D eigenvalue weighted by Crippen LogP contribution is 2.27. The quantitative estimate of drug-likeness (QED) is 0.520. The molecule has 0 unspecified atom stereocenters. The first-order valence-corrected chi connectivity index (χ1v) is 6.55. The SMILES string of the molecule is CCN(Cc1cccc([N+](=O)[O-])c1N)c1cccc(F)c1. The van der Waals surface area contributed by atoms with Crippen molar-refractivity contribution in [2.75, 3.05) is 17.2 Å². The van der Waals surface area contributed by atoms with Gasteiger partial charge in [0, 0.05) is 30.4 Å². The molecule has 5 nitrogen and oxygen atoms in total. The third kappa shape index (κ3) is 3.28. The molecule has 0 amide bonds. The highest BCUT2D eigenvalue weighted by atomic mass is 19.1. The van der Waals surface area contributed by atoms with Crippen molar-refractivity contribution in [3.05, 3.63) is 64.0 Å². The summed E-state index contributed by atoms with van der Waals surface area (Å²) >= 11 is 0. The van der Waals surface area contributed by atoms with Crippen LogP contribution in [0, 0.1) is 15.9 Å². The molecule has 0 atom stereocenters. The van der Waals surface area contributed by atoms with E-state index in [0.29, 0.717) is 24.3 Å². The molecule has 0 spiro atoms. The molecule has 21 heavy (non-hydrogen) atoms. The van der Waals surface area contributed by atoms with E-state index < -0.39 is 4.92 Å². The fourth-order valence-corrected chi connectivity index (χ4v) is 2.16. The first kappa shape index (κ1) is 14.8. The van der Waals surface area contributed by atoms with E-state index >= 15 is 0 Å². The van der Waals surface area contributed by atoms with Crippen LogP contribution in [-0.4, -0.2) is 11.5 Å². The fraction of sp³-hybridized carbons (Fsp3) is 0.200. The first-order valence-electron chi connectivity index (χ1n) is 6.55. The average Bonchev–Trinajstić information content (AvgIpc) is 2.46. The molecule has 110 valence electrons. The van der Waals surface area contributed by atoms with Gasteiger partial charge in [0.15, 0.2) is 0 Å². The summed E-state index contributed by atoms with van der Waals surface area (Å²) in [7, 11) is 0. The summed E-state index contributed by atoms with van der Waals surface area (Å²) in [5.41, 5.74) is 7.25. The number of benzene rings is 2. The molecule has 0 heterocycles. The van der Waals surface area contributed by atoms with Crippen molar-refractivity contribution in [1.82, 2.24) is 0 Å². The number of nitro groups is 1. The standard InChI is InChI=1S/C15H16FN3O2/c1-2-18(13-7-4-6-12(16)9-13)10-11-5-3-8-14(15(11)17)19(20)21/h3-9H,2,10,17H2,1H3. The number of nitrogen functional groups attached to an aromatic ring is 1. The second-order valence-electron chi connectivity index (χ2n) is 4.60. The van der Waals surface area contributed by atoms with Gasteiger partial charge in [-0.25, -0.2) is 4.39 Å². The van der Waals surface area contributed by atoms with E-state index in [2.05, 4.69) is 0 Å². The van der Waals surface area contributed by atoms with Crippen LogP contribution < -0.4 is 10.6 Å². The second-order valence-corrected chi connectivity index (χ2v) is 4.60. The van der Waals surface area contributed by atoms with Crippen molar-refractivity contribution in [1.29, 1.82) is 0 Å². The molecule has 6 heteroatoms. The van der Waals surface area contributed by atoms with Gasteiger partial charge >= 0.3 is 0 Å². The predicted octanol–water partition coefficient (Wildman–Crippen LogP) is 3.34. The highest BCUT2D eigenvalue weighted by Gasteiger charge is 2.16. The summed E-state index contributed by atoms with van der Waals surface area (Å²) in [6.07, 6.45) is 0. The number of hydrogen-bond acceptors (Lipinski definition) is 4. The number of nitrogens with zero attached hydrogens (tertiary/aromatic N) is 2. The molecular weight excluding hydrogens is 273 g/mol. The lowest BCUT2D eigenvalue weighted by molar-refractivity contribution is -0.383. The summed E-state index contributed by atoms with van der Waals surface area (Å²) < 4.78 is 13.3. The maximum Gasteiger partial charge on any atom is 0.292 e. The average molecular weight is 289 g/mol. The van der Waals surface area contributed by atoms with E-state index in [1.807, 2.05) is 11.8 Å². The van der Waals surface area contributed by atoms with Crippen LogP contribution in [-0.2, 0) is 6.54 Å². The molecule has 2 rings (SSSR count). The van der Waals surface area contributed by atoms with E-state index in [0.717, 1.165) is 0 Å². The van der Waals surface area contributed by atoms with Crippen LogP contribution in [0.3, 0.4) is 0 Å². The molecule has 0 aliphatic rings. The van der Waals surface area contributed by atoms with Crippen molar-refractivity contribution >= 4 is 17.1 Å². The Hall–Kier alpha value is -2.63. The van der Waals surface area contributed by atoms with Crippen LogP contribution in [0.2, 0.25) is 0 Å². The predicted molar refractivity (Wildman–Crippen MR) is 80.6 cm³/mol. The third-order valence-electron chi connectivity index (χ3n) is 3.29. The largest absolute Gasteiger partial charge is 0.393 e. The van der Waals surface area contributed by atoms with E-state index in [4.69, 9.17) is 5.73 Å². The van der Waals surface area contributed by atoms with Crippen LogP contribution >= 0.6 is 0 Å². The molecule has 0 aliphatic carbocycles. The fourth-order valence-electron chi connectivity index (χ4n) is 2.16. The van der Waals surface area contributed by atoms with Gasteiger partial charge in [-0.1, -0.05) is 18.2 Å². The second kappa shape index (κ2) is 6.21. The van der Waals surface area contributed by atoms with Gasteiger partial charge < -0.3 is 10.6 Å². The monoisotopic (exact) mass is 289 g/mol. The van der Waals surface area contributed by atoms with Gasteiger partial charge in [0.1, 0.15) is 11.5 Å². The first-order chi connectivity index (χ1) is 10.0. The van der Waals surface area contributed by atoms with Crippen molar-refractivity contribution in [3.8, 4) is 0 Å². The lowest BCUT2D eigenvalue weighted by Crippen LogP contribution is -2.22. The number of nitrogens with two attached hydrogens (primary N) is 1. The van der Waals surface area contributed by atoms with Gasteiger partial charge in [-0.3, -0.25) is 10.1 Å². The van der Waals surface area contributed by atoms with Crippen molar-refractivity contribution in [2.45, 2.75) is 13.5 Å². The van der Waals surface area contributed by atoms with Gasteiger partial charge in [0.2, 0.25) is 0 Å². The van der Waals surface area contributed by atoms with E-state index in [1.165, 1.54) is 18.2 Å². The lowest BCUT2D eigenvalue weighted by Gasteiger charge is -2.23. The summed E-state index contributed by atoms with van der Waals surface area (Å²) in [5.74, 6) is -0.321. The summed E-state index contributed by atoms with van der Waals surface area (Å²) in [5, 5.41) is 10.9. The van der Waals surface area contributed by atoms with E-state index in [-0.39, 0.29) is 17.2 Å². The van der Waals surface area contributed by atoms with Crippen LogP contribution in [0.5, 0.6) is 0 Å². The highest BCUT2D eigenvalue weighted by molar-refractivity contribution is 5.64. The van der Waals surface area contributed by atoms with E-state index in [9.17, 15) is 14.5 Å².